The molecule has 27 heavy (non-hydrogen) atoms. The number of alkyl carbamates (subject to hydrolysis) is 1. The van der Waals surface area contributed by atoms with Crippen molar-refractivity contribution in [3.05, 3.63) is 0 Å². The summed E-state index contributed by atoms with van der Waals surface area (Å²) in [5.41, 5.74) is -0.474. The number of nitrogens with zero attached hydrogens (tertiary/aromatic N) is 3. The zero-order valence-corrected chi connectivity index (χ0v) is 19.5. The van der Waals surface area contributed by atoms with Crippen LogP contribution in [-0.4, -0.2) is 92.5 Å². The van der Waals surface area contributed by atoms with Crippen molar-refractivity contribution in [1.29, 1.82) is 0 Å². The molecule has 2 N–H and O–H groups in total. The fourth-order valence-electron chi connectivity index (χ4n) is 3.09. The molecule has 1 atom stereocenters. The lowest BCUT2D eigenvalue weighted by Gasteiger charge is -2.26. The Kier molecular flexibility index (Phi) is 10.7. The Hall–Kier alpha value is -0.810. The quantitative estimate of drug-likeness (QED) is 0.341. The zero-order valence-electron chi connectivity index (χ0n) is 17.1. The largest absolute Gasteiger partial charge is 0.444 e. The Morgan fingerprint density at radius 1 is 1.26 bits per heavy atom. The van der Waals surface area contributed by atoms with Gasteiger partial charge in [0.25, 0.3) is 0 Å². The van der Waals surface area contributed by atoms with Crippen LogP contribution in [0.15, 0.2) is 4.99 Å². The summed E-state index contributed by atoms with van der Waals surface area (Å²) in [7, 11) is 0. The van der Waals surface area contributed by atoms with Gasteiger partial charge in [0.2, 0.25) is 0 Å². The van der Waals surface area contributed by atoms with Crippen molar-refractivity contribution in [3.63, 3.8) is 0 Å². The molecule has 0 aromatic heterocycles. The highest BCUT2D eigenvalue weighted by atomic mass is 127. The Bertz CT molecular complexity index is 478. The molecule has 0 radical (unpaired) electrons. The molecule has 1 amide bonds. The van der Waals surface area contributed by atoms with Gasteiger partial charge in [-0.3, -0.25) is 9.89 Å². The van der Waals surface area contributed by atoms with Gasteiger partial charge in [0.15, 0.2) is 5.96 Å². The highest BCUT2D eigenvalue weighted by Crippen LogP contribution is 2.12. The third-order valence-corrected chi connectivity index (χ3v) is 4.33. The predicted octanol–water partition coefficient (Wildman–Crippen LogP) is 1.50. The third kappa shape index (κ3) is 9.29. The summed E-state index contributed by atoms with van der Waals surface area (Å²) < 4.78 is 10.7. The third-order valence-electron chi connectivity index (χ3n) is 4.33. The number of nitrogens with one attached hydrogen (secondary N) is 2. The van der Waals surface area contributed by atoms with Crippen LogP contribution >= 0.6 is 24.0 Å². The second-order valence-corrected chi connectivity index (χ2v) is 7.77. The van der Waals surface area contributed by atoms with E-state index in [-0.39, 0.29) is 36.1 Å². The van der Waals surface area contributed by atoms with E-state index in [0.29, 0.717) is 0 Å². The van der Waals surface area contributed by atoms with E-state index >= 15 is 0 Å². The number of halogens is 1. The van der Waals surface area contributed by atoms with Crippen LogP contribution in [0.5, 0.6) is 0 Å². The molecule has 1 unspecified atom stereocenters. The maximum absolute atomic E-state index is 12.0. The van der Waals surface area contributed by atoms with E-state index in [9.17, 15) is 4.79 Å². The van der Waals surface area contributed by atoms with E-state index in [2.05, 4.69) is 27.4 Å². The number of likely N-dealkylation sites (tertiary alicyclic amines) is 1. The van der Waals surface area contributed by atoms with Crippen molar-refractivity contribution < 1.29 is 14.3 Å². The molecule has 2 fully saturated rings. The van der Waals surface area contributed by atoms with E-state index in [4.69, 9.17) is 14.5 Å². The summed E-state index contributed by atoms with van der Waals surface area (Å²) in [6.45, 7) is 15.5. The normalized spacial score (nSPS) is 21.6. The van der Waals surface area contributed by atoms with Gasteiger partial charge in [-0.25, -0.2) is 4.79 Å². The molecular formula is C18H36IN5O3. The molecule has 0 aromatic carbocycles. The molecule has 0 spiro atoms. The van der Waals surface area contributed by atoms with Gasteiger partial charge in [-0.1, -0.05) is 0 Å². The lowest BCUT2D eigenvalue weighted by atomic mass is 10.2. The van der Waals surface area contributed by atoms with Crippen LogP contribution in [0, 0.1) is 0 Å². The van der Waals surface area contributed by atoms with Gasteiger partial charge < -0.3 is 25.0 Å². The Labute approximate surface area is 180 Å². The fraction of sp³-hybridized carbons (Fsp3) is 0.889. The Balaban J connectivity index is 0.00000364. The van der Waals surface area contributed by atoms with Crippen LogP contribution in [0.2, 0.25) is 0 Å². The van der Waals surface area contributed by atoms with Crippen LogP contribution in [0.25, 0.3) is 0 Å². The van der Waals surface area contributed by atoms with Crippen LogP contribution in [0.1, 0.15) is 34.1 Å². The molecule has 0 aromatic rings. The molecule has 2 rings (SSSR count). The molecule has 9 heteroatoms. The molecule has 0 aliphatic carbocycles. The molecule has 158 valence electrons. The number of hydrogen-bond donors (Lipinski definition) is 2. The minimum absolute atomic E-state index is 0. The molecule has 2 heterocycles. The number of carbonyl (C=O) groups is 1. The first kappa shape index (κ1) is 24.2. The first-order valence-electron chi connectivity index (χ1n) is 9.70. The maximum Gasteiger partial charge on any atom is 0.407 e. The molecule has 2 aliphatic heterocycles. The zero-order chi connectivity index (χ0) is 19.0. The number of hydrogen-bond acceptors (Lipinski definition) is 5. The number of guanidine groups is 1. The van der Waals surface area contributed by atoms with Crippen molar-refractivity contribution in [2.45, 2.75) is 45.8 Å². The Morgan fingerprint density at radius 3 is 2.59 bits per heavy atom. The molecule has 0 saturated carbocycles. The summed E-state index contributed by atoms with van der Waals surface area (Å²) in [5, 5.41) is 6.33. The number of aliphatic imine (C=N–C) groups is 1. The molecule has 8 nitrogen and oxygen atoms in total. The maximum atomic E-state index is 12.0. The summed E-state index contributed by atoms with van der Waals surface area (Å²) in [6.07, 6.45) is 0.547. The standard InChI is InChI=1S/C18H35N5O3.HI/c1-5-19-16(20-7-9-22-10-12-25-13-11-22)23-8-6-15(14-23)21-17(24)26-18(2,3)4;/h15H,5-14H2,1-4H3,(H,19,20)(H,21,24);1H. The van der Waals surface area contributed by atoms with Gasteiger partial charge in [-0.05, 0) is 34.1 Å². The lowest BCUT2D eigenvalue weighted by Crippen LogP contribution is -2.44. The van der Waals surface area contributed by atoms with E-state index in [1.54, 1.807) is 0 Å². The highest BCUT2D eigenvalue weighted by molar-refractivity contribution is 14.0. The first-order chi connectivity index (χ1) is 12.4. The molecule has 2 aliphatic rings. The van der Waals surface area contributed by atoms with Gasteiger partial charge in [0.1, 0.15) is 5.60 Å². The van der Waals surface area contributed by atoms with Crippen LogP contribution in [0.4, 0.5) is 4.79 Å². The smallest absolute Gasteiger partial charge is 0.407 e. The minimum atomic E-state index is -0.474. The molecular weight excluding hydrogens is 461 g/mol. The van der Waals surface area contributed by atoms with Crippen LogP contribution in [-0.2, 0) is 9.47 Å². The van der Waals surface area contributed by atoms with Gasteiger partial charge in [-0.2, -0.15) is 0 Å². The monoisotopic (exact) mass is 497 g/mol. The van der Waals surface area contributed by atoms with Gasteiger partial charge in [-0.15, -0.1) is 24.0 Å². The summed E-state index contributed by atoms with van der Waals surface area (Å²) >= 11 is 0. The second-order valence-electron chi connectivity index (χ2n) is 7.77. The predicted molar refractivity (Wildman–Crippen MR) is 118 cm³/mol. The summed E-state index contributed by atoms with van der Waals surface area (Å²) in [4.78, 5) is 21.3. The second kappa shape index (κ2) is 11.9. The van der Waals surface area contributed by atoms with Gasteiger partial charge in [0, 0.05) is 39.3 Å². The van der Waals surface area contributed by atoms with E-state index < -0.39 is 5.60 Å². The van der Waals surface area contributed by atoms with Crippen molar-refractivity contribution in [2.75, 3.05) is 59.0 Å². The van der Waals surface area contributed by atoms with E-state index in [0.717, 1.165) is 71.4 Å². The summed E-state index contributed by atoms with van der Waals surface area (Å²) in [6, 6.07) is 0.0907. The first-order valence-corrected chi connectivity index (χ1v) is 9.70. The topological polar surface area (TPSA) is 78.4 Å². The molecule has 2 saturated heterocycles. The van der Waals surface area contributed by atoms with E-state index in [1.807, 2.05) is 20.8 Å². The summed E-state index contributed by atoms with van der Waals surface area (Å²) in [5.74, 6) is 0.925. The van der Waals surface area contributed by atoms with Crippen molar-refractivity contribution in [1.82, 2.24) is 20.4 Å². The van der Waals surface area contributed by atoms with Crippen LogP contribution < -0.4 is 10.6 Å². The van der Waals surface area contributed by atoms with Crippen molar-refractivity contribution in [3.8, 4) is 0 Å². The number of amides is 1. The SMILES string of the molecule is CCNC(=NCCN1CCOCC1)N1CCC(NC(=O)OC(C)(C)C)C1.I. The minimum Gasteiger partial charge on any atom is -0.444 e. The number of morpholine rings is 1. The van der Waals surface area contributed by atoms with Gasteiger partial charge in [0.05, 0.1) is 25.8 Å². The molecule has 0 bridgehead atoms. The number of rotatable bonds is 5. The highest BCUT2D eigenvalue weighted by Gasteiger charge is 2.27. The van der Waals surface area contributed by atoms with Gasteiger partial charge >= 0.3 is 6.09 Å². The number of ether oxygens (including phenoxy) is 2. The van der Waals surface area contributed by atoms with Crippen LogP contribution in [0.3, 0.4) is 0 Å². The average molecular weight is 497 g/mol. The van der Waals surface area contributed by atoms with Crippen molar-refractivity contribution >= 4 is 36.0 Å². The fourth-order valence-corrected chi connectivity index (χ4v) is 3.09. The lowest BCUT2D eigenvalue weighted by molar-refractivity contribution is 0.0394. The number of carbonyl (C=O) groups excluding carboxylic acids is 1. The average Bonchev–Trinajstić information content (AvgIpc) is 3.01. The Morgan fingerprint density at radius 2 is 1.96 bits per heavy atom. The van der Waals surface area contributed by atoms with E-state index in [1.165, 1.54) is 0 Å². The van der Waals surface area contributed by atoms with Crippen molar-refractivity contribution in [2.24, 2.45) is 4.99 Å².